The lowest BCUT2D eigenvalue weighted by Gasteiger charge is -2.28. The zero-order valence-corrected chi connectivity index (χ0v) is 12.6. The Labute approximate surface area is 121 Å². The maximum atomic E-state index is 12.2. The van der Waals surface area contributed by atoms with Crippen LogP contribution >= 0.6 is 0 Å². The van der Waals surface area contributed by atoms with E-state index in [0.29, 0.717) is 6.42 Å². The average Bonchev–Trinajstić information content (AvgIpc) is 2.38. The maximum Gasteiger partial charge on any atom is 0.226 e. The van der Waals surface area contributed by atoms with Crippen LogP contribution in [0.3, 0.4) is 0 Å². The second-order valence-corrected chi connectivity index (χ2v) is 5.59. The molecule has 0 spiro atoms. The lowest BCUT2D eigenvalue weighted by Crippen LogP contribution is -2.47. The third-order valence-electron chi connectivity index (χ3n) is 3.46. The van der Waals surface area contributed by atoms with Crippen LogP contribution in [0.1, 0.15) is 24.5 Å². The van der Waals surface area contributed by atoms with Gasteiger partial charge in [-0.2, -0.15) is 0 Å². The fourth-order valence-electron chi connectivity index (χ4n) is 2.56. The third kappa shape index (κ3) is 4.23. The van der Waals surface area contributed by atoms with Crippen LogP contribution in [0.25, 0.3) is 0 Å². The Kier molecular flexibility index (Phi) is 5.01. The first-order chi connectivity index (χ1) is 9.54. The molecule has 1 aromatic carbocycles. The molecule has 1 amide bonds. The van der Waals surface area contributed by atoms with Gasteiger partial charge in [0.15, 0.2) is 0 Å². The van der Waals surface area contributed by atoms with Gasteiger partial charge in [0, 0.05) is 26.2 Å². The van der Waals surface area contributed by atoms with Crippen molar-refractivity contribution in [2.75, 3.05) is 26.2 Å². The number of aryl methyl sites for hydroxylation is 2. The van der Waals surface area contributed by atoms with Gasteiger partial charge in [0.25, 0.3) is 0 Å². The molecule has 1 unspecified atom stereocenters. The van der Waals surface area contributed by atoms with Gasteiger partial charge in [-0.1, -0.05) is 6.07 Å². The highest BCUT2D eigenvalue weighted by molar-refractivity contribution is 5.76. The summed E-state index contributed by atoms with van der Waals surface area (Å²) in [6.45, 7) is 9.44. The predicted octanol–water partition coefficient (Wildman–Crippen LogP) is 1.89. The van der Waals surface area contributed by atoms with Crippen LogP contribution in [-0.4, -0.2) is 43.1 Å². The van der Waals surface area contributed by atoms with E-state index < -0.39 is 0 Å². The Morgan fingerprint density at radius 2 is 1.85 bits per heavy atom. The highest BCUT2D eigenvalue weighted by Gasteiger charge is 2.19. The van der Waals surface area contributed by atoms with Gasteiger partial charge in [-0.3, -0.25) is 4.79 Å². The normalized spacial score (nSPS) is 16.9. The van der Waals surface area contributed by atoms with E-state index in [2.05, 4.69) is 25.2 Å². The van der Waals surface area contributed by atoms with Gasteiger partial charge in [0.1, 0.15) is 11.9 Å². The van der Waals surface area contributed by atoms with Gasteiger partial charge in [-0.15, -0.1) is 0 Å². The minimum absolute atomic E-state index is 0.0985. The quantitative estimate of drug-likeness (QED) is 0.913. The molecular weight excluding hydrogens is 252 g/mol. The van der Waals surface area contributed by atoms with Crippen LogP contribution in [0, 0.1) is 13.8 Å². The minimum Gasteiger partial charge on any atom is -0.490 e. The van der Waals surface area contributed by atoms with E-state index in [-0.39, 0.29) is 12.0 Å². The highest BCUT2D eigenvalue weighted by Crippen LogP contribution is 2.18. The van der Waals surface area contributed by atoms with Crippen molar-refractivity contribution in [2.45, 2.75) is 33.3 Å². The molecule has 0 aliphatic carbocycles. The number of benzene rings is 1. The van der Waals surface area contributed by atoms with Crippen molar-refractivity contribution in [2.24, 2.45) is 0 Å². The fourth-order valence-corrected chi connectivity index (χ4v) is 2.56. The summed E-state index contributed by atoms with van der Waals surface area (Å²) >= 11 is 0. The minimum atomic E-state index is -0.0985. The second kappa shape index (κ2) is 6.75. The zero-order chi connectivity index (χ0) is 14.5. The summed E-state index contributed by atoms with van der Waals surface area (Å²) in [5.41, 5.74) is 2.36. The topological polar surface area (TPSA) is 41.6 Å². The fraction of sp³-hybridized carbons (Fsp3) is 0.562. The third-order valence-corrected chi connectivity index (χ3v) is 3.46. The number of hydrogen-bond acceptors (Lipinski definition) is 3. The summed E-state index contributed by atoms with van der Waals surface area (Å²) < 4.78 is 5.87. The van der Waals surface area contributed by atoms with Gasteiger partial charge in [-0.25, -0.2) is 0 Å². The predicted molar refractivity (Wildman–Crippen MR) is 80.1 cm³/mol. The highest BCUT2D eigenvalue weighted by atomic mass is 16.5. The van der Waals surface area contributed by atoms with Crippen molar-refractivity contribution in [1.82, 2.24) is 10.2 Å². The Balaban J connectivity index is 1.88. The van der Waals surface area contributed by atoms with Gasteiger partial charge in [0.2, 0.25) is 5.91 Å². The van der Waals surface area contributed by atoms with E-state index in [0.717, 1.165) is 31.9 Å². The largest absolute Gasteiger partial charge is 0.490 e. The van der Waals surface area contributed by atoms with E-state index in [1.165, 1.54) is 11.1 Å². The first kappa shape index (κ1) is 14.9. The van der Waals surface area contributed by atoms with Crippen molar-refractivity contribution in [3.05, 3.63) is 29.3 Å². The molecule has 20 heavy (non-hydrogen) atoms. The molecule has 4 heteroatoms. The van der Waals surface area contributed by atoms with E-state index in [1.54, 1.807) is 0 Å². The molecule has 2 rings (SSSR count). The number of rotatable bonds is 4. The van der Waals surface area contributed by atoms with E-state index in [4.69, 9.17) is 4.74 Å². The number of nitrogens with zero attached hydrogens (tertiary/aromatic N) is 1. The smallest absolute Gasteiger partial charge is 0.226 e. The molecule has 1 aliphatic rings. The Morgan fingerprint density at radius 1 is 1.25 bits per heavy atom. The summed E-state index contributed by atoms with van der Waals surface area (Å²) in [5.74, 6) is 1.03. The molecule has 0 aromatic heterocycles. The van der Waals surface area contributed by atoms with Gasteiger partial charge < -0.3 is 15.0 Å². The molecule has 110 valence electrons. The lowest BCUT2D eigenvalue weighted by atomic mass is 10.1. The number of hydrogen-bond donors (Lipinski definition) is 1. The Morgan fingerprint density at radius 3 is 2.45 bits per heavy atom. The average molecular weight is 276 g/mol. The number of ether oxygens (including phenoxy) is 1. The molecule has 1 saturated heterocycles. The van der Waals surface area contributed by atoms with Crippen LogP contribution in [-0.2, 0) is 4.79 Å². The van der Waals surface area contributed by atoms with Gasteiger partial charge in [0.05, 0.1) is 6.42 Å². The molecule has 1 fully saturated rings. The maximum absolute atomic E-state index is 12.2. The molecule has 1 aliphatic heterocycles. The van der Waals surface area contributed by atoms with Crippen molar-refractivity contribution < 1.29 is 9.53 Å². The first-order valence-electron chi connectivity index (χ1n) is 7.28. The molecule has 1 N–H and O–H groups in total. The molecule has 1 atom stereocenters. The van der Waals surface area contributed by atoms with Crippen molar-refractivity contribution in [1.29, 1.82) is 0 Å². The Bertz CT molecular complexity index is 447. The van der Waals surface area contributed by atoms with Crippen LogP contribution < -0.4 is 10.1 Å². The molecule has 0 saturated carbocycles. The molecule has 0 bridgehead atoms. The van der Waals surface area contributed by atoms with E-state index in [1.807, 2.05) is 24.0 Å². The van der Waals surface area contributed by atoms with Crippen molar-refractivity contribution in [3.63, 3.8) is 0 Å². The number of carbonyl (C=O) groups excluding carboxylic acids is 1. The molecule has 4 nitrogen and oxygen atoms in total. The van der Waals surface area contributed by atoms with Crippen molar-refractivity contribution in [3.8, 4) is 5.75 Å². The summed E-state index contributed by atoms with van der Waals surface area (Å²) in [6, 6.07) is 6.14. The number of piperazine rings is 1. The molecule has 1 aromatic rings. The SMILES string of the molecule is Cc1cc(C)cc(OC(C)CC(=O)N2CCNCC2)c1. The second-order valence-electron chi connectivity index (χ2n) is 5.59. The summed E-state index contributed by atoms with van der Waals surface area (Å²) in [6.07, 6.45) is 0.339. The lowest BCUT2D eigenvalue weighted by molar-refractivity contribution is -0.133. The van der Waals surface area contributed by atoms with Crippen LogP contribution in [0.15, 0.2) is 18.2 Å². The van der Waals surface area contributed by atoms with E-state index >= 15 is 0 Å². The molecule has 0 radical (unpaired) electrons. The standard InChI is InChI=1S/C16H24N2O2/c1-12-8-13(2)10-15(9-12)20-14(3)11-16(19)18-6-4-17-5-7-18/h8-10,14,17H,4-7,11H2,1-3H3. The number of carbonyl (C=O) groups is 1. The van der Waals surface area contributed by atoms with Crippen LogP contribution in [0.2, 0.25) is 0 Å². The number of nitrogens with one attached hydrogen (secondary N) is 1. The summed E-state index contributed by atoms with van der Waals surface area (Å²) in [5, 5.41) is 3.25. The van der Waals surface area contributed by atoms with E-state index in [9.17, 15) is 4.79 Å². The van der Waals surface area contributed by atoms with Crippen LogP contribution in [0.5, 0.6) is 5.75 Å². The van der Waals surface area contributed by atoms with Gasteiger partial charge in [-0.05, 0) is 44.0 Å². The number of amides is 1. The van der Waals surface area contributed by atoms with Crippen molar-refractivity contribution >= 4 is 5.91 Å². The molecule has 1 heterocycles. The summed E-state index contributed by atoms with van der Waals surface area (Å²) in [7, 11) is 0. The van der Waals surface area contributed by atoms with Crippen LogP contribution in [0.4, 0.5) is 0 Å². The monoisotopic (exact) mass is 276 g/mol. The molecular formula is C16H24N2O2. The van der Waals surface area contributed by atoms with Gasteiger partial charge >= 0.3 is 0 Å². The zero-order valence-electron chi connectivity index (χ0n) is 12.6. The summed E-state index contributed by atoms with van der Waals surface area (Å²) in [4.78, 5) is 14.1. The Hall–Kier alpha value is -1.55. The first-order valence-corrected chi connectivity index (χ1v) is 7.28.